The summed E-state index contributed by atoms with van der Waals surface area (Å²) in [5.41, 5.74) is 1.13. The highest BCUT2D eigenvalue weighted by atomic mass is 19.1. The van der Waals surface area contributed by atoms with Gasteiger partial charge >= 0.3 is 0 Å². The third-order valence-corrected chi connectivity index (χ3v) is 4.31. The summed E-state index contributed by atoms with van der Waals surface area (Å²) in [6.45, 7) is 6.97. The summed E-state index contributed by atoms with van der Waals surface area (Å²) in [6, 6.07) is 6.68. The van der Waals surface area contributed by atoms with E-state index < -0.39 is 0 Å². The number of nitrogens with one attached hydrogen (secondary N) is 2. The number of benzene rings is 1. The zero-order valence-electron chi connectivity index (χ0n) is 14.3. The van der Waals surface area contributed by atoms with Crippen LogP contribution in [0.2, 0.25) is 0 Å². The van der Waals surface area contributed by atoms with Crippen molar-refractivity contribution in [2.75, 3.05) is 39.8 Å². The van der Waals surface area contributed by atoms with Crippen LogP contribution < -0.4 is 10.6 Å². The number of guanidine groups is 1. The summed E-state index contributed by atoms with van der Waals surface area (Å²) < 4.78 is 12.9. The monoisotopic (exact) mass is 320 g/mol. The smallest absolute Gasteiger partial charge is 0.191 e. The fourth-order valence-electron chi connectivity index (χ4n) is 2.78. The van der Waals surface area contributed by atoms with Gasteiger partial charge in [-0.15, -0.1) is 0 Å². The van der Waals surface area contributed by atoms with Crippen LogP contribution in [0.4, 0.5) is 4.39 Å². The molecule has 1 saturated heterocycles. The van der Waals surface area contributed by atoms with E-state index in [0.29, 0.717) is 5.92 Å². The Morgan fingerprint density at radius 1 is 1.22 bits per heavy atom. The molecule has 0 unspecified atom stereocenters. The normalized spacial score (nSPS) is 17.3. The largest absolute Gasteiger partial charge is 0.357 e. The maximum absolute atomic E-state index is 12.9. The number of likely N-dealkylation sites (tertiary alicyclic amines) is 1. The molecule has 1 aromatic rings. The van der Waals surface area contributed by atoms with E-state index in [2.05, 4.69) is 29.5 Å². The zero-order chi connectivity index (χ0) is 16.5. The lowest BCUT2D eigenvalue weighted by Crippen LogP contribution is -2.39. The third kappa shape index (κ3) is 6.57. The first-order chi connectivity index (χ1) is 11.2. The Bertz CT molecular complexity index is 478. The van der Waals surface area contributed by atoms with Crippen LogP contribution in [0.1, 0.15) is 25.3 Å². The van der Waals surface area contributed by atoms with Gasteiger partial charge in [0.05, 0.1) is 0 Å². The van der Waals surface area contributed by atoms with Crippen LogP contribution in [0, 0.1) is 11.7 Å². The van der Waals surface area contributed by atoms with E-state index in [1.54, 1.807) is 0 Å². The first kappa shape index (κ1) is 17.7. The lowest BCUT2D eigenvalue weighted by atomic mass is 9.97. The van der Waals surface area contributed by atoms with E-state index in [4.69, 9.17) is 4.99 Å². The van der Waals surface area contributed by atoms with Crippen molar-refractivity contribution in [3.63, 3.8) is 0 Å². The van der Waals surface area contributed by atoms with Gasteiger partial charge in [-0.25, -0.2) is 4.39 Å². The molecule has 0 aliphatic carbocycles. The predicted octanol–water partition coefficient (Wildman–Crippen LogP) is 2.27. The summed E-state index contributed by atoms with van der Waals surface area (Å²) in [5.74, 6) is 1.39. The van der Waals surface area contributed by atoms with E-state index in [9.17, 15) is 4.39 Å². The van der Waals surface area contributed by atoms with Gasteiger partial charge in [-0.3, -0.25) is 4.99 Å². The molecule has 2 rings (SSSR count). The number of nitrogens with zero attached hydrogens (tertiary/aromatic N) is 2. The number of hydrogen-bond acceptors (Lipinski definition) is 2. The van der Waals surface area contributed by atoms with Crippen molar-refractivity contribution in [2.45, 2.75) is 26.2 Å². The van der Waals surface area contributed by atoms with Gasteiger partial charge in [-0.05, 0) is 69.9 Å². The van der Waals surface area contributed by atoms with Crippen LogP contribution in [0.15, 0.2) is 29.3 Å². The molecular formula is C18H29FN4. The number of hydrogen-bond donors (Lipinski definition) is 2. The fourth-order valence-corrected chi connectivity index (χ4v) is 2.78. The van der Waals surface area contributed by atoms with Gasteiger partial charge in [0.2, 0.25) is 0 Å². The Morgan fingerprint density at radius 2 is 1.91 bits per heavy atom. The van der Waals surface area contributed by atoms with Gasteiger partial charge in [0.15, 0.2) is 5.96 Å². The molecule has 1 aliphatic rings. The second kappa shape index (κ2) is 9.50. The van der Waals surface area contributed by atoms with Crippen LogP contribution in [-0.2, 0) is 6.42 Å². The average Bonchev–Trinajstić information content (AvgIpc) is 2.56. The lowest BCUT2D eigenvalue weighted by Gasteiger charge is -2.28. The molecule has 0 saturated carbocycles. The van der Waals surface area contributed by atoms with Crippen molar-refractivity contribution in [3.05, 3.63) is 35.6 Å². The second-order valence-corrected chi connectivity index (χ2v) is 6.27. The lowest BCUT2D eigenvalue weighted by molar-refractivity contribution is 0.223. The maximum Gasteiger partial charge on any atom is 0.191 e. The second-order valence-electron chi connectivity index (χ2n) is 6.27. The molecule has 0 radical (unpaired) electrons. The van der Waals surface area contributed by atoms with E-state index in [1.807, 2.05) is 12.1 Å². The average molecular weight is 320 g/mol. The van der Waals surface area contributed by atoms with Crippen molar-refractivity contribution < 1.29 is 4.39 Å². The minimum atomic E-state index is -0.185. The van der Waals surface area contributed by atoms with Gasteiger partial charge in [0.25, 0.3) is 0 Å². The molecule has 1 aliphatic heterocycles. The standard InChI is InChI=1S/C18H29FN4/c1-3-20-18(22-14-16-9-12-23(2)13-10-16)21-11-8-15-4-6-17(19)7-5-15/h4-7,16H,3,8-14H2,1-2H3,(H2,20,21,22). The Morgan fingerprint density at radius 3 is 2.57 bits per heavy atom. The summed E-state index contributed by atoms with van der Waals surface area (Å²) >= 11 is 0. The molecule has 0 atom stereocenters. The van der Waals surface area contributed by atoms with Gasteiger partial charge < -0.3 is 15.5 Å². The Kier molecular flexibility index (Phi) is 7.33. The molecule has 1 heterocycles. The molecular weight excluding hydrogens is 291 g/mol. The van der Waals surface area contributed by atoms with Gasteiger partial charge in [-0.1, -0.05) is 12.1 Å². The van der Waals surface area contributed by atoms with Gasteiger partial charge in [0, 0.05) is 19.6 Å². The molecule has 0 amide bonds. The summed E-state index contributed by atoms with van der Waals surface area (Å²) in [6.07, 6.45) is 3.32. The molecule has 23 heavy (non-hydrogen) atoms. The highest BCUT2D eigenvalue weighted by molar-refractivity contribution is 5.79. The van der Waals surface area contributed by atoms with Gasteiger partial charge in [0.1, 0.15) is 5.82 Å². The summed E-state index contributed by atoms with van der Waals surface area (Å²) in [4.78, 5) is 7.10. The third-order valence-electron chi connectivity index (χ3n) is 4.31. The predicted molar refractivity (Wildman–Crippen MR) is 94.3 cm³/mol. The van der Waals surface area contributed by atoms with E-state index >= 15 is 0 Å². The molecule has 1 aromatic carbocycles. The highest BCUT2D eigenvalue weighted by Crippen LogP contribution is 2.15. The first-order valence-electron chi connectivity index (χ1n) is 8.62. The minimum absolute atomic E-state index is 0.185. The topological polar surface area (TPSA) is 39.7 Å². The first-order valence-corrected chi connectivity index (χ1v) is 8.62. The molecule has 1 fully saturated rings. The number of rotatable bonds is 6. The van der Waals surface area contributed by atoms with Crippen molar-refractivity contribution >= 4 is 5.96 Å². The van der Waals surface area contributed by atoms with Crippen LogP contribution in [-0.4, -0.2) is 50.6 Å². The minimum Gasteiger partial charge on any atom is -0.357 e. The highest BCUT2D eigenvalue weighted by Gasteiger charge is 2.16. The van der Waals surface area contributed by atoms with Crippen LogP contribution >= 0.6 is 0 Å². The Labute approximate surface area is 139 Å². The quantitative estimate of drug-likeness (QED) is 0.624. The number of piperidine rings is 1. The number of halogens is 1. The van der Waals surface area contributed by atoms with Crippen molar-refractivity contribution in [1.29, 1.82) is 0 Å². The molecule has 4 nitrogen and oxygen atoms in total. The van der Waals surface area contributed by atoms with E-state index in [1.165, 1.54) is 38.1 Å². The summed E-state index contributed by atoms with van der Waals surface area (Å²) in [5, 5.41) is 6.66. The Balaban J connectivity index is 1.76. The van der Waals surface area contributed by atoms with E-state index in [0.717, 1.165) is 37.6 Å². The Hall–Kier alpha value is -1.62. The van der Waals surface area contributed by atoms with Gasteiger partial charge in [-0.2, -0.15) is 0 Å². The van der Waals surface area contributed by atoms with Crippen LogP contribution in [0.3, 0.4) is 0 Å². The summed E-state index contributed by atoms with van der Waals surface area (Å²) in [7, 11) is 2.18. The van der Waals surface area contributed by atoms with Crippen molar-refractivity contribution in [3.8, 4) is 0 Å². The SMILES string of the molecule is CCNC(=NCC1CCN(C)CC1)NCCc1ccc(F)cc1. The van der Waals surface area contributed by atoms with E-state index in [-0.39, 0.29) is 5.82 Å². The molecule has 5 heteroatoms. The van der Waals surface area contributed by atoms with Crippen LogP contribution in [0.25, 0.3) is 0 Å². The molecule has 128 valence electrons. The maximum atomic E-state index is 12.9. The van der Waals surface area contributed by atoms with Crippen LogP contribution in [0.5, 0.6) is 0 Å². The fraction of sp³-hybridized carbons (Fsp3) is 0.611. The molecule has 0 spiro atoms. The zero-order valence-corrected chi connectivity index (χ0v) is 14.3. The molecule has 0 bridgehead atoms. The van der Waals surface area contributed by atoms with Crippen molar-refractivity contribution in [2.24, 2.45) is 10.9 Å². The molecule has 0 aromatic heterocycles. The molecule has 2 N–H and O–H groups in total. The van der Waals surface area contributed by atoms with Crippen molar-refractivity contribution in [1.82, 2.24) is 15.5 Å². The number of aliphatic imine (C=N–C) groups is 1.